The third-order valence-electron chi connectivity index (χ3n) is 3.07. The van der Waals surface area contributed by atoms with Crippen LogP contribution in [-0.4, -0.2) is 40.7 Å². The van der Waals surface area contributed by atoms with Crippen molar-refractivity contribution in [1.82, 2.24) is 4.90 Å². The summed E-state index contributed by atoms with van der Waals surface area (Å²) in [6.45, 7) is 0.867. The molecule has 0 spiro atoms. The highest BCUT2D eigenvalue weighted by molar-refractivity contribution is 8.00. The predicted molar refractivity (Wildman–Crippen MR) is 74.5 cm³/mol. The molecule has 0 aliphatic carbocycles. The van der Waals surface area contributed by atoms with E-state index in [0.717, 1.165) is 4.90 Å². The molecule has 102 valence electrons. The first-order chi connectivity index (χ1) is 9.06. The first-order valence-corrected chi connectivity index (χ1v) is 7.31. The van der Waals surface area contributed by atoms with Crippen molar-refractivity contribution in [3.05, 3.63) is 29.3 Å². The fourth-order valence-corrected chi connectivity index (χ4v) is 2.88. The smallest absolute Gasteiger partial charge is 0.308 e. The van der Waals surface area contributed by atoms with Crippen molar-refractivity contribution in [1.29, 1.82) is 0 Å². The quantitative estimate of drug-likeness (QED) is 0.867. The van der Waals surface area contributed by atoms with Crippen LogP contribution in [0.3, 0.4) is 0 Å². The molecule has 1 heterocycles. The van der Waals surface area contributed by atoms with Crippen LogP contribution in [0.5, 0.6) is 0 Å². The topological polar surface area (TPSA) is 57.6 Å². The van der Waals surface area contributed by atoms with Gasteiger partial charge in [0.05, 0.1) is 11.7 Å². The molecule has 19 heavy (non-hydrogen) atoms. The number of carbonyl (C=O) groups excluding carboxylic acids is 1. The Balaban J connectivity index is 1.82. The van der Waals surface area contributed by atoms with Gasteiger partial charge in [0.1, 0.15) is 0 Å². The van der Waals surface area contributed by atoms with Crippen LogP contribution >= 0.6 is 23.4 Å². The second-order valence-electron chi connectivity index (χ2n) is 4.41. The summed E-state index contributed by atoms with van der Waals surface area (Å²) >= 11 is 7.22. The third-order valence-corrected chi connectivity index (χ3v) is 4.31. The number of thioether (sulfide) groups is 1. The van der Waals surface area contributed by atoms with Crippen molar-refractivity contribution < 1.29 is 14.7 Å². The third kappa shape index (κ3) is 3.88. The minimum absolute atomic E-state index is 0.0105. The minimum atomic E-state index is -0.819. The van der Waals surface area contributed by atoms with E-state index < -0.39 is 11.9 Å². The molecule has 1 saturated heterocycles. The van der Waals surface area contributed by atoms with E-state index in [-0.39, 0.29) is 5.91 Å². The Morgan fingerprint density at radius 3 is 2.63 bits per heavy atom. The number of hydrogen-bond donors (Lipinski definition) is 1. The molecule has 1 fully saturated rings. The molecule has 0 aromatic heterocycles. The number of benzene rings is 1. The van der Waals surface area contributed by atoms with Crippen LogP contribution in [0, 0.1) is 5.92 Å². The van der Waals surface area contributed by atoms with Crippen LogP contribution in [0.15, 0.2) is 29.2 Å². The van der Waals surface area contributed by atoms with Crippen LogP contribution in [-0.2, 0) is 9.59 Å². The van der Waals surface area contributed by atoms with Crippen molar-refractivity contribution in [2.45, 2.75) is 11.3 Å². The monoisotopic (exact) mass is 299 g/mol. The zero-order valence-electron chi connectivity index (χ0n) is 10.2. The van der Waals surface area contributed by atoms with Crippen LogP contribution < -0.4 is 0 Å². The number of hydrogen-bond acceptors (Lipinski definition) is 3. The lowest BCUT2D eigenvalue weighted by molar-refractivity contribution is -0.141. The molecule has 6 heteroatoms. The van der Waals surface area contributed by atoms with Gasteiger partial charge in [0.15, 0.2) is 0 Å². The van der Waals surface area contributed by atoms with Gasteiger partial charge in [0.2, 0.25) is 5.91 Å². The van der Waals surface area contributed by atoms with Crippen molar-refractivity contribution in [2.75, 3.05) is 18.8 Å². The summed E-state index contributed by atoms with van der Waals surface area (Å²) < 4.78 is 0. The molecule has 1 aromatic rings. The summed E-state index contributed by atoms with van der Waals surface area (Å²) in [6.07, 6.45) is 0.548. The van der Waals surface area contributed by atoms with E-state index in [0.29, 0.717) is 30.3 Å². The van der Waals surface area contributed by atoms with Crippen molar-refractivity contribution >= 4 is 35.2 Å². The Hall–Kier alpha value is -1.20. The number of amides is 1. The second kappa shape index (κ2) is 6.30. The lowest BCUT2D eigenvalue weighted by atomic mass is 10.1. The van der Waals surface area contributed by atoms with Crippen LogP contribution in [0.2, 0.25) is 5.02 Å². The van der Waals surface area contributed by atoms with Gasteiger partial charge in [0.25, 0.3) is 0 Å². The SMILES string of the molecule is O=C(O)C1CCN(C(=O)CSc2ccc(Cl)cc2)C1. The molecule has 1 unspecified atom stereocenters. The van der Waals surface area contributed by atoms with E-state index in [9.17, 15) is 9.59 Å². The van der Waals surface area contributed by atoms with Crippen LogP contribution in [0.25, 0.3) is 0 Å². The Bertz CT molecular complexity index is 477. The molecule has 1 N–H and O–H groups in total. The summed E-state index contributed by atoms with van der Waals surface area (Å²) in [4.78, 5) is 25.4. The lowest BCUT2D eigenvalue weighted by Crippen LogP contribution is -2.31. The molecule has 1 aromatic carbocycles. The van der Waals surface area contributed by atoms with Crippen molar-refractivity contribution in [2.24, 2.45) is 5.92 Å². The molecule has 0 radical (unpaired) electrons. The highest BCUT2D eigenvalue weighted by Gasteiger charge is 2.30. The maximum atomic E-state index is 11.9. The van der Waals surface area contributed by atoms with E-state index in [2.05, 4.69) is 0 Å². The number of halogens is 1. The zero-order valence-corrected chi connectivity index (χ0v) is 11.8. The van der Waals surface area contributed by atoms with Gasteiger partial charge in [-0.05, 0) is 30.7 Å². The number of rotatable bonds is 4. The molecule has 1 aliphatic rings. The molecular weight excluding hydrogens is 286 g/mol. The highest BCUT2D eigenvalue weighted by atomic mass is 35.5. The average molecular weight is 300 g/mol. The van der Waals surface area contributed by atoms with Gasteiger partial charge in [-0.15, -0.1) is 11.8 Å². The van der Waals surface area contributed by atoms with E-state index >= 15 is 0 Å². The van der Waals surface area contributed by atoms with Gasteiger partial charge in [-0.3, -0.25) is 9.59 Å². The fourth-order valence-electron chi connectivity index (χ4n) is 1.96. The Labute approximate surface area is 120 Å². The number of nitrogens with zero attached hydrogens (tertiary/aromatic N) is 1. The normalized spacial score (nSPS) is 18.6. The number of carbonyl (C=O) groups is 2. The van der Waals surface area contributed by atoms with Gasteiger partial charge in [0, 0.05) is 23.0 Å². The maximum absolute atomic E-state index is 11.9. The van der Waals surface area contributed by atoms with E-state index in [1.807, 2.05) is 12.1 Å². The van der Waals surface area contributed by atoms with Crippen molar-refractivity contribution in [3.63, 3.8) is 0 Å². The van der Waals surface area contributed by atoms with E-state index in [4.69, 9.17) is 16.7 Å². The molecule has 1 aliphatic heterocycles. The molecule has 2 rings (SSSR count). The Kier molecular flexibility index (Phi) is 4.71. The Morgan fingerprint density at radius 2 is 2.05 bits per heavy atom. The summed E-state index contributed by atoms with van der Waals surface area (Å²) in [5.74, 6) is -0.914. The highest BCUT2D eigenvalue weighted by Crippen LogP contribution is 2.22. The second-order valence-corrected chi connectivity index (χ2v) is 5.89. The largest absolute Gasteiger partial charge is 0.481 e. The first-order valence-electron chi connectivity index (χ1n) is 5.95. The zero-order chi connectivity index (χ0) is 13.8. The molecule has 0 saturated carbocycles. The Morgan fingerprint density at radius 1 is 1.37 bits per heavy atom. The molecule has 1 atom stereocenters. The summed E-state index contributed by atoms with van der Waals surface area (Å²) in [6, 6.07) is 7.30. The van der Waals surface area contributed by atoms with Crippen LogP contribution in [0.4, 0.5) is 0 Å². The van der Waals surface area contributed by atoms with Crippen molar-refractivity contribution in [3.8, 4) is 0 Å². The maximum Gasteiger partial charge on any atom is 0.308 e. The summed E-state index contributed by atoms with van der Waals surface area (Å²) in [5, 5.41) is 9.56. The number of carboxylic acid groups (broad SMARTS) is 1. The van der Waals surface area contributed by atoms with Gasteiger partial charge in [-0.25, -0.2) is 0 Å². The fraction of sp³-hybridized carbons (Fsp3) is 0.385. The van der Waals surface area contributed by atoms with Gasteiger partial charge in [-0.1, -0.05) is 11.6 Å². The first kappa shape index (κ1) is 14.2. The standard InChI is InChI=1S/C13H14ClNO3S/c14-10-1-3-11(4-2-10)19-8-12(16)15-6-5-9(7-15)13(17)18/h1-4,9H,5-8H2,(H,17,18). The number of likely N-dealkylation sites (tertiary alicyclic amines) is 1. The lowest BCUT2D eigenvalue weighted by Gasteiger charge is -2.15. The summed E-state index contributed by atoms with van der Waals surface area (Å²) in [7, 11) is 0. The molecule has 4 nitrogen and oxygen atoms in total. The van der Waals surface area contributed by atoms with E-state index in [1.54, 1.807) is 17.0 Å². The van der Waals surface area contributed by atoms with Gasteiger partial charge >= 0.3 is 5.97 Å². The number of aliphatic carboxylic acids is 1. The van der Waals surface area contributed by atoms with Crippen LogP contribution in [0.1, 0.15) is 6.42 Å². The molecule has 1 amide bonds. The predicted octanol–water partition coefficient (Wildman–Crippen LogP) is 2.37. The van der Waals surface area contributed by atoms with Gasteiger partial charge in [-0.2, -0.15) is 0 Å². The minimum Gasteiger partial charge on any atom is -0.481 e. The van der Waals surface area contributed by atoms with E-state index in [1.165, 1.54) is 11.8 Å². The summed E-state index contributed by atoms with van der Waals surface area (Å²) in [5.41, 5.74) is 0. The molecule has 0 bridgehead atoms. The number of carboxylic acids is 1. The average Bonchev–Trinajstić information content (AvgIpc) is 2.87. The van der Waals surface area contributed by atoms with Gasteiger partial charge < -0.3 is 10.0 Å². The molecular formula is C13H14ClNO3S.